The molecule has 7 aromatic rings. The molecule has 0 amide bonds. The van der Waals surface area contributed by atoms with Crippen LogP contribution in [0.25, 0.3) is 54.1 Å². The molecule has 1 fully saturated rings. The number of aromatic nitrogens is 3. The number of pyridine rings is 3. The maximum absolute atomic E-state index is 9.04. The largest absolute Gasteiger partial charge is 0.305 e. The second-order valence-electron chi connectivity index (χ2n) is 15.4. The van der Waals surface area contributed by atoms with E-state index in [9.17, 15) is 0 Å². The molecule has 1 radical (unpaired) electrons. The van der Waals surface area contributed by atoms with E-state index in [0.29, 0.717) is 10.5 Å². The minimum Gasteiger partial charge on any atom is -0.305 e. The van der Waals surface area contributed by atoms with Crippen molar-refractivity contribution < 1.29 is 31.1 Å². The Morgan fingerprint density at radius 3 is 2.38 bits per heavy atom. The Bertz CT molecular complexity index is 2700. The normalized spacial score (nSPS) is 16.7. The van der Waals surface area contributed by atoms with Crippen LogP contribution in [0.5, 0.6) is 0 Å². The quantitative estimate of drug-likeness (QED) is 0.123. The van der Waals surface area contributed by atoms with Gasteiger partial charge in [0.25, 0.3) is 0 Å². The fourth-order valence-electron chi connectivity index (χ4n) is 6.64. The summed E-state index contributed by atoms with van der Waals surface area (Å²) in [6, 6.07) is 26.0. The molecule has 0 spiro atoms. The van der Waals surface area contributed by atoms with Crippen molar-refractivity contribution in [1.29, 1.82) is 0 Å². The Morgan fingerprint density at radius 1 is 0.868 bits per heavy atom. The predicted octanol–water partition coefficient (Wildman–Crippen LogP) is 12.7. The first-order chi connectivity index (χ1) is 28.2. The van der Waals surface area contributed by atoms with Gasteiger partial charge in [0.15, 0.2) is 0 Å². The van der Waals surface area contributed by atoms with Crippen molar-refractivity contribution in [2.45, 2.75) is 82.4 Å². The number of hydrogen-bond donors (Lipinski definition) is 0. The number of nitrogens with zero attached hydrogens (tertiary/aromatic N) is 3. The molecule has 4 aromatic heterocycles. The van der Waals surface area contributed by atoms with Gasteiger partial charge in [-0.1, -0.05) is 72.6 Å². The number of hydrogen-bond acceptors (Lipinski definition) is 4. The summed E-state index contributed by atoms with van der Waals surface area (Å²) in [7, 11) is 0. The van der Waals surface area contributed by atoms with Crippen molar-refractivity contribution >= 4 is 49.3 Å². The van der Waals surface area contributed by atoms with Gasteiger partial charge in [-0.15, -0.1) is 23.8 Å². The summed E-state index contributed by atoms with van der Waals surface area (Å²) in [5.74, 6) is 6.28. The third-order valence-electron chi connectivity index (χ3n) is 9.14. The molecule has 8 rings (SSSR count). The van der Waals surface area contributed by atoms with E-state index in [1.54, 1.807) is 12.3 Å². The van der Waals surface area contributed by atoms with Gasteiger partial charge in [-0.05, 0) is 46.6 Å². The third-order valence-corrected chi connectivity index (χ3v) is 14.5. The van der Waals surface area contributed by atoms with Gasteiger partial charge < -0.3 is 4.98 Å². The van der Waals surface area contributed by atoms with Gasteiger partial charge in [-0.3, -0.25) is 0 Å². The maximum atomic E-state index is 9.04. The summed E-state index contributed by atoms with van der Waals surface area (Å²) in [5.41, 5.74) is 5.09. The van der Waals surface area contributed by atoms with Crippen molar-refractivity contribution in [2.24, 2.45) is 5.41 Å². The zero-order valence-electron chi connectivity index (χ0n) is 39.1. The number of benzene rings is 3. The number of thiophene rings is 1. The number of rotatable bonds is 6. The zero-order chi connectivity index (χ0) is 43.4. The minimum atomic E-state index is -2.24. The molecule has 0 unspecified atom stereocenters. The van der Waals surface area contributed by atoms with Gasteiger partial charge in [0.05, 0.1) is 12.5 Å². The van der Waals surface area contributed by atoms with Gasteiger partial charge in [-0.2, -0.15) is 11.3 Å². The van der Waals surface area contributed by atoms with Crippen LogP contribution in [-0.2, 0) is 26.5 Å². The molecule has 3 aromatic carbocycles. The average molecular weight is 961 g/mol. The average Bonchev–Trinajstić information content (AvgIpc) is 3.60. The summed E-state index contributed by atoms with van der Waals surface area (Å²) in [5, 5.41) is 1.92. The zero-order valence-corrected chi connectivity index (χ0v) is 36.4. The summed E-state index contributed by atoms with van der Waals surface area (Å²) in [4.78, 5) is 14.7. The fraction of sp³-hybridized carbons (Fsp3) is 0.298. The van der Waals surface area contributed by atoms with Crippen molar-refractivity contribution in [3.05, 3.63) is 133 Å². The Kier molecular flexibility index (Phi) is 9.51. The van der Waals surface area contributed by atoms with Crippen LogP contribution in [0.15, 0.2) is 109 Å². The Balaban J connectivity index is 0.000000225. The van der Waals surface area contributed by atoms with Crippen LogP contribution in [0.1, 0.15) is 80.9 Å². The molecule has 1 aliphatic rings. The molecule has 0 bridgehead atoms. The first kappa shape index (κ1) is 29.8. The van der Waals surface area contributed by atoms with E-state index in [-0.39, 0.29) is 49.8 Å². The SMILES string of the molecule is [2H]C([2H])(c1cc(-c2[c-]cccc2)nc[c]1[Ge]([CH3])([CH3])[CH3])C(C)(C)C.[2H]c1c([2H])c([2H])c(-c2ccc3c(n2)sc2c(-c4cc(C5([2H])CCCCC5)ccn4)[c-]ccc23)c([2H])c1[2H].[Ir]. The maximum Gasteiger partial charge on any atom is 0.114 e. The van der Waals surface area contributed by atoms with Crippen LogP contribution in [0.4, 0.5) is 0 Å². The van der Waals surface area contributed by atoms with E-state index < -0.39 is 37.0 Å². The van der Waals surface area contributed by atoms with Crippen LogP contribution < -0.4 is 4.40 Å². The van der Waals surface area contributed by atoms with Crippen molar-refractivity contribution in [3.63, 3.8) is 0 Å². The van der Waals surface area contributed by atoms with Gasteiger partial charge in [-0.25, -0.2) is 4.98 Å². The summed E-state index contributed by atoms with van der Waals surface area (Å²) in [6.45, 7) is 5.88. The molecule has 1 aliphatic carbocycles. The molecule has 0 aliphatic heterocycles. The van der Waals surface area contributed by atoms with Gasteiger partial charge in [0.2, 0.25) is 0 Å². The molecule has 4 heterocycles. The second-order valence-corrected chi connectivity index (χ2v) is 26.9. The molecule has 6 heteroatoms. The van der Waals surface area contributed by atoms with Crippen molar-refractivity contribution in [1.82, 2.24) is 15.0 Å². The summed E-state index contributed by atoms with van der Waals surface area (Å²) >= 11 is -0.767. The van der Waals surface area contributed by atoms with Crippen LogP contribution >= 0.6 is 11.3 Å². The van der Waals surface area contributed by atoms with Crippen molar-refractivity contribution in [2.75, 3.05) is 0 Å². The van der Waals surface area contributed by atoms with Gasteiger partial charge in [0, 0.05) is 33.2 Å². The van der Waals surface area contributed by atoms with Crippen LogP contribution in [0.3, 0.4) is 0 Å². The van der Waals surface area contributed by atoms with E-state index >= 15 is 0 Å². The standard InChI is InChI=1S/C28H23N2S.C19H26GeN.Ir/c1-3-8-19(9-4-1)21-16-17-29-26(18-21)24-13-7-12-22-23-14-15-25(20-10-5-2-6-11-20)30-28(23)31-27(22)24;1-19(2,3)13-16-12-18(15-10-8-7-9-11-15)21-14-17(16)20(4,5)6;/h2,5-7,10-12,14-19H,1,3-4,8-9H2;7-10,12,14H,13H2,1-6H3;/q2*-1;/i2D,5D,6D,10D,11D,19D;13D2;. The van der Waals surface area contributed by atoms with E-state index in [2.05, 4.69) is 39.4 Å². The molecular weight excluding hydrogens is 903 g/mol. The van der Waals surface area contributed by atoms with Crippen LogP contribution in [0.2, 0.25) is 17.3 Å². The molecule has 0 N–H and O–H groups in total. The molecule has 3 nitrogen and oxygen atoms in total. The fourth-order valence-corrected chi connectivity index (χ4v) is 10.7. The number of fused-ring (bicyclic) bond motifs is 3. The van der Waals surface area contributed by atoms with Crippen LogP contribution in [0, 0.1) is 17.5 Å². The molecular formula is C47H49GeIrN3S-2. The first-order valence-electron chi connectivity index (χ1n) is 22.0. The van der Waals surface area contributed by atoms with Gasteiger partial charge in [0.1, 0.15) is 4.83 Å². The van der Waals surface area contributed by atoms with E-state index in [1.165, 1.54) is 17.8 Å². The molecule has 273 valence electrons. The molecule has 0 saturated heterocycles. The Morgan fingerprint density at radius 2 is 1.66 bits per heavy atom. The van der Waals surface area contributed by atoms with E-state index in [1.807, 2.05) is 87.6 Å². The van der Waals surface area contributed by atoms with Crippen LogP contribution in [-0.4, -0.2) is 28.2 Å². The van der Waals surface area contributed by atoms with E-state index in [4.69, 9.17) is 16.0 Å². The molecule has 1 saturated carbocycles. The van der Waals surface area contributed by atoms with Crippen molar-refractivity contribution in [3.8, 4) is 33.8 Å². The second kappa shape index (κ2) is 16.9. The monoisotopic (exact) mass is 962 g/mol. The minimum absolute atomic E-state index is 0. The Hall–Kier alpha value is -3.48. The third kappa shape index (κ3) is 9.43. The van der Waals surface area contributed by atoms with Gasteiger partial charge >= 0.3 is 135 Å². The molecule has 53 heavy (non-hydrogen) atoms. The Labute approximate surface area is 347 Å². The first-order valence-corrected chi connectivity index (χ1v) is 26.2. The molecule has 0 atom stereocenters. The van der Waals surface area contributed by atoms with E-state index in [0.717, 1.165) is 79.2 Å². The smallest absolute Gasteiger partial charge is 0.114 e. The topological polar surface area (TPSA) is 38.7 Å². The summed E-state index contributed by atoms with van der Waals surface area (Å²) in [6.07, 6.45) is 7.33. The predicted molar refractivity (Wildman–Crippen MR) is 225 cm³/mol. The summed E-state index contributed by atoms with van der Waals surface area (Å²) < 4.78 is 69.2.